The van der Waals surface area contributed by atoms with Crippen LogP contribution in [0.5, 0.6) is 0 Å². The number of nitrogens with one attached hydrogen (secondary N) is 2. The number of hydrogen-bond acceptors (Lipinski definition) is 4. The van der Waals surface area contributed by atoms with Crippen LogP contribution < -0.4 is 10.6 Å². The zero-order valence-corrected chi connectivity index (χ0v) is 9.60. The second kappa shape index (κ2) is 5.24. The molecule has 7 heteroatoms. The van der Waals surface area contributed by atoms with E-state index in [0.29, 0.717) is 0 Å². The van der Waals surface area contributed by atoms with E-state index in [2.05, 4.69) is 20.6 Å². The summed E-state index contributed by atoms with van der Waals surface area (Å²) in [5.41, 5.74) is -1.31. The molecule has 0 saturated carbocycles. The summed E-state index contributed by atoms with van der Waals surface area (Å²) < 4.78 is 0. The Morgan fingerprint density at radius 2 is 2.00 bits per heavy atom. The van der Waals surface area contributed by atoms with Gasteiger partial charge in [-0.1, -0.05) is 6.92 Å². The average Bonchev–Trinajstić information content (AvgIpc) is 2.29. The molecule has 0 spiro atoms. The molecule has 1 aromatic rings. The lowest BCUT2D eigenvalue weighted by Crippen LogP contribution is -2.53. The second-order valence-corrected chi connectivity index (χ2v) is 3.64. The van der Waals surface area contributed by atoms with E-state index in [9.17, 15) is 9.59 Å². The Labute approximate surface area is 98.3 Å². The molecule has 0 bridgehead atoms. The van der Waals surface area contributed by atoms with Crippen LogP contribution in [0, 0.1) is 0 Å². The van der Waals surface area contributed by atoms with E-state index in [1.165, 1.54) is 19.3 Å². The van der Waals surface area contributed by atoms with Crippen LogP contribution in [-0.2, 0) is 4.79 Å². The van der Waals surface area contributed by atoms with Crippen LogP contribution in [0.1, 0.15) is 20.3 Å². The molecular weight excluding hydrogens is 224 g/mol. The van der Waals surface area contributed by atoms with Gasteiger partial charge in [-0.25, -0.2) is 19.6 Å². The maximum Gasteiger partial charge on any atom is 0.329 e. The van der Waals surface area contributed by atoms with Gasteiger partial charge >= 0.3 is 12.0 Å². The van der Waals surface area contributed by atoms with Gasteiger partial charge in [0.15, 0.2) is 0 Å². The number of nitrogens with zero attached hydrogens (tertiary/aromatic N) is 2. The van der Waals surface area contributed by atoms with Crippen LogP contribution in [0.25, 0.3) is 0 Å². The molecule has 0 aromatic carbocycles. The van der Waals surface area contributed by atoms with Crippen LogP contribution in [-0.4, -0.2) is 32.6 Å². The first-order valence-corrected chi connectivity index (χ1v) is 5.07. The SMILES string of the molecule is CCC(C)(NC(=O)Nc1ncccn1)C(=O)O. The van der Waals surface area contributed by atoms with Gasteiger partial charge in [-0.3, -0.25) is 5.32 Å². The fourth-order valence-corrected chi connectivity index (χ4v) is 1.04. The number of anilines is 1. The lowest BCUT2D eigenvalue weighted by molar-refractivity contribution is -0.143. The minimum Gasteiger partial charge on any atom is -0.480 e. The third-order valence-corrected chi connectivity index (χ3v) is 2.36. The molecule has 1 rings (SSSR count). The number of urea groups is 1. The van der Waals surface area contributed by atoms with Crippen molar-refractivity contribution in [3.63, 3.8) is 0 Å². The summed E-state index contributed by atoms with van der Waals surface area (Å²) in [7, 11) is 0. The normalized spacial score (nSPS) is 13.5. The summed E-state index contributed by atoms with van der Waals surface area (Å²) in [6.45, 7) is 3.11. The minimum absolute atomic E-state index is 0.119. The maximum absolute atomic E-state index is 11.5. The van der Waals surface area contributed by atoms with Crippen molar-refractivity contribution in [1.29, 1.82) is 0 Å². The number of hydrogen-bond donors (Lipinski definition) is 3. The standard InChI is InChI=1S/C10H14N4O3/c1-3-10(2,7(15)16)14-9(17)13-8-11-5-4-6-12-8/h4-6H,3H2,1-2H3,(H,15,16)(H2,11,12,13,14,17). The molecule has 17 heavy (non-hydrogen) atoms. The Hall–Kier alpha value is -2.18. The van der Waals surface area contributed by atoms with Gasteiger partial charge in [0.1, 0.15) is 5.54 Å². The van der Waals surface area contributed by atoms with Crippen molar-refractivity contribution in [2.75, 3.05) is 5.32 Å². The molecule has 1 unspecified atom stereocenters. The topological polar surface area (TPSA) is 104 Å². The summed E-state index contributed by atoms with van der Waals surface area (Å²) in [6, 6.07) is 0.958. The monoisotopic (exact) mass is 238 g/mol. The van der Waals surface area contributed by atoms with Crippen molar-refractivity contribution in [3.8, 4) is 0 Å². The van der Waals surface area contributed by atoms with Gasteiger partial charge in [0, 0.05) is 12.4 Å². The van der Waals surface area contributed by atoms with Gasteiger partial charge in [-0.15, -0.1) is 0 Å². The highest BCUT2D eigenvalue weighted by molar-refractivity contribution is 5.92. The van der Waals surface area contributed by atoms with Crippen molar-refractivity contribution in [3.05, 3.63) is 18.5 Å². The van der Waals surface area contributed by atoms with Crippen LogP contribution in [0.3, 0.4) is 0 Å². The maximum atomic E-state index is 11.5. The Bertz CT molecular complexity index is 409. The molecular formula is C10H14N4O3. The van der Waals surface area contributed by atoms with E-state index in [1.807, 2.05) is 0 Å². The first-order valence-electron chi connectivity index (χ1n) is 5.07. The van der Waals surface area contributed by atoms with Crippen molar-refractivity contribution < 1.29 is 14.7 Å². The van der Waals surface area contributed by atoms with Crippen molar-refractivity contribution in [1.82, 2.24) is 15.3 Å². The smallest absolute Gasteiger partial charge is 0.329 e. The Morgan fingerprint density at radius 1 is 1.41 bits per heavy atom. The van der Waals surface area contributed by atoms with Crippen LogP contribution >= 0.6 is 0 Å². The summed E-state index contributed by atoms with van der Waals surface area (Å²) in [6.07, 6.45) is 3.21. The summed E-state index contributed by atoms with van der Waals surface area (Å²) >= 11 is 0. The highest BCUT2D eigenvalue weighted by atomic mass is 16.4. The molecule has 3 N–H and O–H groups in total. The average molecular weight is 238 g/mol. The van der Waals surface area contributed by atoms with Gasteiger partial charge in [0.05, 0.1) is 0 Å². The van der Waals surface area contributed by atoms with E-state index in [1.54, 1.807) is 13.0 Å². The zero-order chi connectivity index (χ0) is 12.9. The minimum atomic E-state index is -1.31. The first-order chi connectivity index (χ1) is 7.98. The lowest BCUT2D eigenvalue weighted by atomic mass is 10.00. The molecule has 0 aliphatic rings. The van der Waals surface area contributed by atoms with Gasteiger partial charge < -0.3 is 10.4 Å². The van der Waals surface area contributed by atoms with Gasteiger partial charge in [-0.05, 0) is 19.4 Å². The number of rotatable bonds is 4. The fourth-order valence-electron chi connectivity index (χ4n) is 1.04. The van der Waals surface area contributed by atoms with Crippen molar-refractivity contribution >= 4 is 17.9 Å². The van der Waals surface area contributed by atoms with Crippen molar-refractivity contribution in [2.24, 2.45) is 0 Å². The van der Waals surface area contributed by atoms with E-state index in [-0.39, 0.29) is 12.4 Å². The Morgan fingerprint density at radius 3 is 2.47 bits per heavy atom. The molecule has 0 radical (unpaired) electrons. The van der Waals surface area contributed by atoms with Gasteiger partial charge in [0.2, 0.25) is 5.95 Å². The molecule has 0 fully saturated rings. The fraction of sp³-hybridized carbons (Fsp3) is 0.400. The van der Waals surface area contributed by atoms with E-state index < -0.39 is 17.5 Å². The number of carbonyl (C=O) groups excluding carboxylic acids is 1. The van der Waals surface area contributed by atoms with Gasteiger partial charge in [0.25, 0.3) is 0 Å². The predicted octanol–water partition coefficient (Wildman–Crippen LogP) is 0.851. The molecule has 92 valence electrons. The molecule has 2 amide bonds. The number of aliphatic carboxylic acids is 1. The highest BCUT2D eigenvalue weighted by Gasteiger charge is 2.32. The summed E-state index contributed by atoms with van der Waals surface area (Å²) in [4.78, 5) is 30.1. The molecule has 1 atom stereocenters. The number of carboxylic acids is 1. The molecule has 0 aliphatic carbocycles. The van der Waals surface area contributed by atoms with Crippen LogP contribution in [0.2, 0.25) is 0 Å². The van der Waals surface area contributed by atoms with E-state index in [0.717, 1.165) is 0 Å². The first kappa shape index (κ1) is 12.9. The highest BCUT2D eigenvalue weighted by Crippen LogP contribution is 2.09. The number of amides is 2. The number of aromatic nitrogens is 2. The quantitative estimate of drug-likeness (QED) is 0.721. The third-order valence-electron chi connectivity index (χ3n) is 2.36. The largest absolute Gasteiger partial charge is 0.480 e. The lowest BCUT2D eigenvalue weighted by Gasteiger charge is -2.24. The molecule has 0 saturated heterocycles. The predicted molar refractivity (Wildman–Crippen MR) is 60.5 cm³/mol. The molecule has 0 aliphatic heterocycles. The summed E-state index contributed by atoms with van der Waals surface area (Å²) in [5, 5.41) is 13.7. The van der Waals surface area contributed by atoms with Crippen molar-refractivity contribution in [2.45, 2.75) is 25.8 Å². The number of carbonyl (C=O) groups is 2. The Kier molecular flexibility index (Phi) is 3.97. The van der Waals surface area contributed by atoms with Crippen LogP contribution in [0.4, 0.5) is 10.7 Å². The Balaban J connectivity index is 2.64. The molecule has 1 aromatic heterocycles. The van der Waals surface area contributed by atoms with E-state index in [4.69, 9.17) is 5.11 Å². The molecule has 1 heterocycles. The zero-order valence-electron chi connectivity index (χ0n) is 9.60. The third kappa shape index (κ3) is 3.40. The molecule has 7 nitrogen and oxygen atoms in total. The van der Waals surface area contributed by atoms with Gasteiger partial charge in [-0.2, -0.15) is 0 Å². The summed E-state index contributed by atoms with van der Waals surface area (Å²) in [5.74, 6) is -0.974. The number of carboxylic acid groups (broad SMARTS) is 1. The second-order valence-electron chi connectivity index (χ2n) is 3.64. The van der Waals surface area contributed by atoms with Crippen LogP contribution in [0.15, 0.2) is 18.5 Å². The van der Waals surface area contributed by atoms with E-state index >= 15 is 0 Å².